The summed E-state index contributed by atoms with van der Waals surface area (Å²) in [7, 11) is 0. The van der Waals surface area contributed by atoms with E-state index in [9.17, 15) is 0 Å². The summed E-state index contributed by atoms with van der Waals surface area (Å²) in [5, 5.41) is 5.07. The molecule has 9 aromatic rings. The molecule has 0 spiro atoms. The van der Waals surface area contributed by atoms with Crippen LogP contribution in [0.1, 0.15) is 26.3 Å². The maximum Gasteiger partial charge on any atom is 0.108 e. The second-order valence-corrected chi connectivity index (χ2v) is 16.8. The van der Waals surface area contributed by atoms with Gasteiger partial charge in [-0.05, 0) is 67.9 Å². The molecule has 0 bridgehead atoms. The topological polar surface area (TPSA) is 28.6 Å². The first-order valence-electron chi connectivity index (χ1n) is 18.7. The Bertz CT molecular complexity index is 2820. The Morgan fingerprint density at radius 1 is 0.649 bits per heavy atom. The molecule has 0 radical (unpaired) electrons. The molecule has 0 aliphatic carbocycles. The maximum absolute atomic E-state index is 6.65. The zero-order valence-corrected chi connectivity index (χ0v) is 35.4. The molecule has 0 unspecified atom stereocenters. The first-order chi connectivity index (χ1) is 27.4. The Kier molecular flexibility index (Phi) is 9.82. The SMILES string of the molecule is CC(C)(C)c1ccnc(-c2cc3ccsc3c3sc(Oc4[c-]c(N5[CH-]N(c6c(-c7ccccc7)cccc6-c6ccccc6)c6ccccc65)ccc4)[c-]c23)c1.[Pt]. The summed E-state index contributed by atoms with van der Waals surface area (Å²) in [6.07, 6.45) is 1.92. The third kappa shape index (κ3) is 6.86. The quantitative estimate of drug-likeness (QED) is 0.149. The van der Waals surface area contributed by atoms with Crippen LogP contribution in [0.5, 0.6) is 10.8 Å². The van der Waals surface area contributed by atoms with Crippen molar-refractivity contribution in [2.75, 3.05) is 9.80 Å². The summed E-state index contributed by atoms with van der Waals surface area (Å²) in [4.78, 5) is 9.35. The van der Waals surface area contributed by atoms with E-state index in [2.05, 4.69) is 188 Å². The summed E-state index contributed by atoms with van der Waals surface area (Å²) in [6, 6.07) is 58.4. The molecule has 1 aliphatic rings. The molecule has 6 aromatic carbocycles. The van der Waals surface area contributed by atoms with Gasteiger partial charge in [0.05, 0.1) is 0 Å². The molecule has 0 fully saturated rings. The smallest absolute Gasteiger partial charge is 0.108 e. The number of rotatable bonds is 7. The van der Waals surface area contributed by atoms with Gasteiger partial charge in [0.2, 0.25) is 0 Å². The molecule has 282 valence electrons. The zero-order valence-electron chi connectivity index (χ0n) is 31.5. The van der Waals surface area contributed by atoms with Crippen LogP contribution in [0.25, 0.3) is 53.7 Å². The van der Waals surface area contributed by atoms with Gasteiger partial charge in [0.25, 0.3) is 0 Å². The fourth-order valence-electron chi connectivity index (χ4n) is 7.54. The van der Waals surface area contributed by atoms with Gasteiger partial charge in [0.1, 0.15) is 5.06 Å². The Labute approximate surface area is 355 Å². The third-order valence-electron chi connectivity index (χ3n) is 10.3. The first kappa shape index (κ1) is 37.1. The van der Waals surface area contributed by atoms with Gasteiger partial charge >= 0.3 is 0 Å². The number of ether oxygens (including phenoxy) is 1. The number of para-hydroxylation sites is 3. The van der Waals surface area contributed by atoms with E-state index in [4.69, 9.17) is 9.72 Å². The summed E-state index contributed by atoms with van der Waals surface area (Å²) >= 11 is 3.37. The number of hydrogen-bond acceptors (Lipinski definition) is 6. The minimum atomic E-state index is 0. The van der Waals surface area contributed by atoms with E-state index in [1.807, 2.05) is 18.3 Å². The predicted molar refractivity (Wildman–Crippen MR) is 236 cm³/mol. The van der Waals surface area contributed by atoms with Gasteiger partial charge in [-0.1, -0.05) is 122 Å². The maximum atomic E-state index is 6.65. The van der Waals surface area contributed by atoms with Crippen molar-refractivity contribution in [2.45, 2.75) is 26.2 Å². The van der Waals surface area contributed by atoms with Crippen molar-refractivity contribution in [1.82, 2.24) is 4.98 Å². The van der Waals surface area contributed by atoms with Crippen LogP contribution in [0.4, 0.5) is 22.7 Å². The van der Waals surface area contributed by atoms with Crippen LogP contribution < -0.4 is 14.5 Å². The van der Waals surface area contributed by atoms with Crippen LogP contribution in [0.2, 0.25) is 0 Å². The second-order valence-electron chi connectivity index (χ2n) is 14.9. The standard InChI is InChI=1S/C50H36N3OS2.Pt/c1-50(2,3)36-24-26-51-43(29-36)41-28-35-25-27-55-48(35)49-42(41)31-46(56-49)54-38-19-12-18-37(30-38)52-32-53(45-23-11-10-22-44(45)52)47-39(33-14-6-4-7-15-33)20-13-21-40(47)34-16-8-5-9-17-34;/h4-29,32H,1-3H3;/q-3;. The fraction of sp³-hybridized carbons (Fsp3) is 0.0800. The van der Waals surface area contributed by atoms with Crippen LogP contribution in [0.15, 0.2) is 157 Å². The average molecular weight is 954 g/mol. The van der Waals surface area contributed by atoms with Crippen molar-refractivity contribution in [1.29, 1.82) is 0 Å². The number of benzene rings is 6. The first-order valence-corrected chi connectivity index (χ1v) is 20.4. The Morgan fingerprint density at radius 2 is 1.32 bits per heavy atom. The molecule has 0 saturated carbocycles. The molecule has 10 rings (SSSR count). The van der Waals surface area contributed by atoms with Crippen LogP contribution >= 0.6 is 22.7 Å². The van der Waals surface area contributed by atoms with E-state index in [-0.39, 0.29) is 26.5 Å². The minimum absolute atomic E-state index is 0. The van der Waals surface area contributed by atoms with Gasteiger partial charge in [-0.3, -0.25) is 4.98 Å². The number of nitrogens with zero attached hydrogens (tertiary/aromatic N) is 3. The van der Waals surface area contributed by atoms with Crippen molar-refractivity contribution >= 4 is 65.6 Å². The second kappa shape index (κ2) is 15.1. The molecule has 57 heavy (non-hydrogen) atoms. The molecule has 0 amide bonds. The van der Waals surface area contributed by atoms with Gasteiger partial charge in [-0.25, -0.2) is 0 Å². The van der Waals surface area contributed by atoms with Gasteiger partial charge in [0, 0.05) is 66.9 Å². The molecule has 7 heteroatoms. The van der Waals surface area contributed by atoms with Crippen molar-refractivity contribution < 1.29 is 25.8 Å². The molecule has 0 N–H and O–H groups in total. The fourth-order valence-corrected chi connectivity index (χ4v) is 9.57. The Hall–Kier alpha value is -5.52. The van der Waals surface area contributed by atoms with E-state index >= 15 is 0 Å². The van der Waals surface area contributed by atoms with Crippen molar-refractivity contribution in [2.24, 2.45) is 0 Å². The summed E-state index contributed by atoms with van der Waals surface area (Å²) in [5.74, 6) is 0.626. The van der Waals surface area contributed by atoms with Crippen LogP contribution in [-0.4, -0.2) is 4.98 Å². The third-order valence-corrected chi connectivity index (χ3v) is 12.4. The average Bonchev–Trinajstić information content (AvgIpc) is 3.98. The number of hydrogen-bond donors (Lipinski definition) is 0. The van der Waals surface area contributed by atoms with E-state index in [0.29, 0.717) is 10.8 Å². The molecular weight excluding hydrogens is 918 g/mol. The van der Waals surface area contributed by atoms with E-state index in [1.165, 1.54) is 15.6 Å². The van der Waals surface area contributed by atoms with Gasteiger partial charge in [0.15, 0.2) is 0 Å². The number of pyridine rings is 1. The normalized spacial score (nSPS) is 12.5. The van der Waals surface area contributed by atoms with Gasteiger partial charge < -0.3 is 14.5 Å². The molecule has 0 saturated heterocycles. The summed E-state index contributed by atoms with van der Waals surface area (Å²) < 4.78 is 9.04. The largest absolute Gasteiger partial charge is 0.493 e. The zero-order chi connectivity index (χ0) is 37.8. The van der Waals surface area contributed by atoms with Crippen LogP contribution in [-0.2, 0) is 26.5 Å². The Balaban J connectivity index is 0.00000422. The number of thiophene rings is 2. The van der Waals surface area contributed by atoms with E-state index in [0.717, 1.165) is 66.3 Å². The van der Waals surface area contributed by atoms with Gasteiger partial charge in [-0.2, -0.15) is 34.1 Å². The number of fused-ring (bicyclic) bond motifs is 4. The van der Waals surface area contributed by atoms with Crippen LogP contribution in [0.3, 0.4) is 0 Å². The monoisotopic (exact) mass is 953 g/mol. The molecular formula is C50H36N3OPtS2-3. The van der Waals surface area contributed by atoms with Crippen molar-refractivity contribution in [3.63, 3.8) is 0 Å². The van der Waals surface area contributed by atoms with Crippen LogP contribution in [0, 0.1) is 18.8 Å². The number of anilines is 4. The molecule has 1 aliphatic heterocycles. The molecule has 3 aromatic heterocycles. The predicted octanol–water partition coefficient (Wildman–Crippen LogP) is 14.6. The molecule has 0 atom stereocenters. The van der Waals surface area contributed by atoms with Crippen molar-refractivity contribution in [3.8, 4) is 44.3 Å². The minimum Gasteiger partial charge on any atom is -0.493 e. The molecule has 4 nitrogen and oxygen atoms in total. The number of aromatic nitrogens is 1. The molecule has 4 heterocycles. The summed E-state index contributed by atoms with van der Waals surface area (Å²) in [6.45, 7) is 8.88. The van der Waals surface area contributed by atoms with E-state index < -0.39 is 0 Å². The summed E-state index contributed by atoms with van der Waals surface area (Å²) in [5.41, 5.74) is 12.0. The Morgan fingerprint density at radius 3 is 2.02 bits per heavy atom. The van der Waals surface area contributed by atoms with Gasteiger partial charge in [-0.15, -0.1) is 42.7 Å². The van der Waals surface area contributed by atoms with E-state index in [1.54, 1.807) is 22.7 Å². The van der Waals surface area contributed by atoms with Crippen molar-refractivity contribution in [3.05, 3.63) is 182 Å².